The van der Waals surface area contributed by atoms with E-state index in [1.54, 1.807) is 0 Å². The molecule has 1 saturated carbocycles. The van der Waals surface area contributed by atoms with Crippen LogP contribution in [0.25, 0.3) is 0 Å². The topological polar surface area (TPSA) is 70.2 Å². The maximum atomic E-state index is 11.6. The minimum Gasteiger partial charge on any atom is -0.354 e. The molecular formula is C11H19N3O2. The van der Waals surface area contributed by atoms with Gasteiger partial charge in [-0.25, -0.2) is 4.79 Å². The molecule has 3 N–H and O–H groups in total. The molecule has 2 aliphatic rings. The van der Waals surface area contributed by atoms with E-state index >= 15 is 0 Å². The standard InChI is InChI=1S/C11H19N3O2/c15-10(9-7-13-11(16)14-9)12-6-5-8-3-1-2-4-8/h8-9H,1-7H2,(H,12,15)(H2,13,14,16). The molecule has 0 spiro atoms. The van der Waals surface area contributed by atoms with Gasteiger partial charge in [0.2, 0.25) is 5.91 Å². The first kappa shape index (κ1) is 11.2. The van der Waals surface area contributed by atoms with Crippen molar-refractivity contribution in [1.82, 2.24) is 16.0 Å². The normalized spacial score (nSPS) is 25.2. The lowest BCUT2D eigenvalue weighted by Crippen LogP contribution is -2.43. The second-order valence-corrected chi connectivity index (χ2v) is 4.64. The van der Waals surface area contributed by atoms with Gasteiger partial charge in [-0.3, -0.25) is 4.79 Å². The number of rotatable bonds is 4. The third-order valence-electron chi connectivity index (χ3n) is 3.42. The first-order valence-electron chi connectivity index (χ1n) is 6.08. The smallest absolute Gasteiger partial charge is 0.315 e. The van der Waals surface area contributed by atoms with E-state index in [2.05, 4.69) is 16.0 Å². The number of carbonyl (C=O) groups excluding carboxylic acids is 2. The highest BCUT2D eigenvalue weighted by atomic mass is 16.2. The summed E-state index contributed by atoms with van der Waals surface area (Å²) >= 11 is 0. The van der Waals surface area contributed by atoms with E-state index in [1.807, 2.05) is 0 Å². The predicted molar refractivity (Wildman–Crippen MR) is 59.9 cm³/mol. The monoisotopic (exact) mass is 225 g/mol. The summed E-state index contributed by atoms with van der Waals surface area (Å²) in [5.74, 6) is 0.716. The molecule has 1 unspecified atom stereocenters. The Labute approximate surface area is 95.3 Å². The molecule has 0 aromatic rings. The van der Waals surface area contributed by atoms with Crippen LogP contribution in [0.1, 0.15) is 32.1 Å². The lowest BCUT2D eigenvalue weighted by atomic mass is 10.0. The molecule has 1 atom stereocenters. The fourth-order valence-electron chi connectivity index (χ4n) is 2.44. The number of carbonyl (C=O) groups is 2. The molecular weight excluding hydrogens is 206 g/mol. The Bertz CT molecular complexity index is 274. The quantitative estimate of drug-likeness (QED) is 0.646. The summed E-state index contributed by atoms with van der Waals surface area (Å²) in [6.45, 7) is 1.13. The van der Waals surface area contributed by atoms with Crippen LogP contribution in [0.3, 0.4) is 0 Å². The van der Waals surface area contributed by atoms with E-state index in [9.17, 15) is 9.59 Å². The average Bonchev–Trinajstić information content (AvgIpc) is 2.89. The number of hydrogen-bond acceptors (Lipinski definition) is 2. The molecule has 0 radical (unpaired) electrons. The summed E-state index contributed by atoms with van der Waals surface area (Å²) in [4.78, 5) is 22.4. The molecule has 2 fully saturated rings. The van der Waals surface area contributed by atoms with Crippen LogP contribution in [0.5, 0.6) is 0 Å². The van der Waals surface area contributed by atoms with Gasteiger partial charge in [0.05, 0.1) is 0 Å². The van der Waals surface area contributed by atoms with Crippen LogP contribution in [-0.4, -0.2) is 31.1 Å². The van der Waals surface area contributed by atoms with Crippen LogP contribution in [-0.2, 0) is 4.79 Å². The molecule has 5 heteroatoms. The molecule has 0 aromatic carbocycles. The minimum absolute atomic E-state index is 0.0728. The maximum absolute atomic E-state index is 11.6. The molecule has 1 heterocycles. The second-order valence-electron chi connectivity index (χ2n) is 4.64. The van der Waals surface area contributed by atoms with E-state index in [-0.39, 0.29) is 11.9 Å². The van der Waals surface area contributed by atoms with Gasteiger partial charge in [-0.05, 0) is 12.3 Å². The lowest BCUT2D eigenvalue weighted by molar-refractivity contribution is -0.122. The van der Waals surface area contributed by atoms with E-state index in [4.69, 9.17) is 0 Å². The van der Waals surface area contributed by atoms with E-state index < -0.39 is 6.04 Å². The molecule has 5 nitrogen and oxygen atoms in total. The van der Waals surface area contributed by atoms with Crippen LogP contribution in [0.15, 0.2) is 0 Å². The van der Waals surface area contributed by atoms with E-state index in [0.717, 1.165) is 18.9 Å². The van der Waals surface area contributed by atoms with Crippen LogP contribution in [0.4, 0.5) is 4.79 Å². The average molecular weight is 225 g/mol. The molecule has 1 aliphatic carbocycles. The summed E-state index contributed by atoms with van der Waals surface area (Å²) in [7, 11) is 0. The van der Waals surface area contributed by atoms with Gasteiger partial charge >= 0.3 is 6.03 Å². The predicted octanol–water partition coefficient (Wildman–Crippen LogP) is 0.364. The summed E-state index contributed by atoms with van der Waals surface area (Å²) in [5, 5.41) is 8.02. The van der Waals surface area contributed by atoms with Gasteiger partial charge in [0, 0.05) is 13.1 Å². The fourth-order valence-corrected chi connectivity index (χ4v) is 2.44. The van der Waals surface area contributed by atoms with Crippen molar-refractivity contribution in [1.29, 1.82) is 0 Å². The maximum Gasteiger partial charge on any atom is 0.315 e. The largest absolute Gasteiger partial charge is 0.354 e. The van der Waals surface area contributed by atoms with Crippen LogP contribution >= 0.6 is 0 Å². The van der Waals surface area contributed by atoms with Crippen molar-refractivity contribution in [3.8, 4) is 0 Å². The van der Waals surface area contributed by atoms with Crippen molar-refractivity contribution in [2.75, 3.05) is 13.1 Å². The molecule has 90 valence electrons. The Morgan fingerprint density at radius 3 is 2.75 bits per heavy atom. The van der Waals surface area contributed by atoms with Gasteiger partial charge in [0.15, 0.2) is 0 Å². The Morgan fingerprint density at radius 1 is 1.38 bits per heavy atom. The second kappa shape index (κ2) is 5.18. The first-order chi connectivity index (χ1) is 7.75. The lowest BCUT2D eigenvalue weighted by Gasteiger charge is -2.12. The van der Waals surface area contributed by atoms with Gasteiger partial charge < -0.3 is 16.0 Å². The zero-order chi connectivity index (χ0) is 11.4. The SMILES string of the molecule is O=C1NCC(C(=O)NCCC2CCCC2)N1. The van der Waals surface area contributed by atoms with Gasteiger partial charge in [0.25, 0.3) is 0 Å². The molecule has 3 amide bonds. The van der Waals surface area contributed by atoms with E-state index in [0.29, 0.717) is 6.54 Å². The molecule has 1 aliphatic heterocycles. The highest BCUT2D eigenvalue weighted by Crippen LogP contribution is 2.26. The molecule has 16 heavy (non-hydrogen) atoms. The summed E-state index contributed by atoms with van der Waals surface area (Å²) < 4.78 is 0. The Hall–Kier alpha value is -1.26. The number of urea groups is 1. The van der Waals surface area contributed by atoms with Crippen molar-refractivity contribution in [2.24, 2.45) is 5.92 Å². The zero-order valence-corrected chi connectivity index (χ0v) is 9.42. The van der Waals surface area contributed by atoms with Crippen LogP contribution in [0, 0.1) is 5.92 Å². The highest BCUT2D eigenvalue weighted by Gasteiger charge is 2.26. The van der Waals surface area contributed by atoms with Crippen molar-refractivity contribution in [2.45, 2.75) is 38.1 Å². The number of nitrogens with one attached hydrogen (secondary N) is 3. The minimum atomic E-state index is -0.393. The number of hydrogen-bond donors (Lipinski definition) is 3. The Morgan fingerprint density at radius 2 is 2.12 bits per heavy atom. The molecule has 1 saturated heterocycles. The Balaban J connectivity index is 1.61. The summed E-state index contributed by atoms with van der Waals surface area (Å²) in [5.41, 5.74) is 0. The fraction of sp³-hybridized carbons (Fsp3) is 0.818. The first-order valence-corrected chi connectivity index (χ1v) is 6.08. The summed E-state index contributed by atoms with van der Waals surface area (Å²) in [6.07, 6.45) is 6.34. The molecule has 0 bridgehead atoms. The molecule has 2 rings (SSSR count). The van der Waals surface area contributed by atoms with Crippen LogP contribution in [0.2, 0.25) is 0 Å². The van der Waals surface area contributed by atoms with Gasteiger partial charge in [-0.15, -0.1) is 0 Å². The summed E-state index contributed by atoms with van der Waals surface area (Å²) in [6, 6.07) is -0.646. The van der Waals surface area contributed by atoms with Crippen molar-refractivity contribution >= 4 is 11.9 Å². The van der Waals surface area contributed by atoms with Crippen molar-refractivity contribution < 1.29 is 9.59 Å². The van der Waals surface area contributed by atoms with Crippen molar-refractivity contribution in [3.05, 3.63) is 0 Å². The van der Waals surface area contributed by atoms with Gasteiger partial charge in [-0.1, -0.05) is 25.7 Å². The third kappa shape index (κ3) is 2.87. The van der Waals surface area contributed by atoms with Gasteiger partial charge in [-0.2, -0.15) is 0 Å². The third-order valence-corrected chi connectivity index (χ3v) is 3.42. The number of amides is 3. The van der Waals surface area contributed by atoms with Gasteiger partial charge in [0.1, 0.15) is 6.04 Å². The van der Waals surface area contributed by atoms with E-state index in [1.165, 1.54) is 25.7 Å². The highest BCUT2D eigenvalue weighted by molar-refractivity contribution is 5.90. The van der Waals surface area contributed by atoms with Crippen molar-refractivity contribution in [3.63, 3.8) is 0 Å². The van der Waals surface area contributed by atoms with Crippen LogP contribution < -0.4 is 16.0 Å². The molecule has 0 aromatic heterocycles. The zero-order valence-electron chi connectivity index (χ0n) is 9.42. The Kier molecular flexibility index (Phi) is 3.64.